The lowest BCUT2D eigenvalue weighted by Crippen LogP contribution is -2.11. The van der Waals surface area contributed by atoms with Crippen LogP contribution in [0, 0.1) is 18.6 Å². The molecule has 0 saturated heterocycles. The van der Waals surface area contributed by atoms with Crippen LogP contribution in [0.4, 0.5) is 31.5 Å². The number of carbonyl (C=O) groups is 2. The number of rotatable bonds is 20. The summed E-state index contributed by atoms with van der Waals surface area (Å²) < 4.78 is 51.2. The summed E-state index contributed by atoms with van der Waals surface area (Å²) in [4.78, 5) is 25.9. The highest BCUT2D eigenvalue weighted by molar-refractivity contribution is 5.92. The quantitative estimate of drug-likeness (QED) is 0.0336. The number of hydrogen-bond acceptors (Lipinski definition) is 10. The van der Waals surface area contributed by atoms with Crippen molar-refractivity contribution in [2.45, 2.75) is 72.1 Å². The lowest BCUT2D eigenvalue weighted by Gasteiger charge is -2.10. The Balaban J connectivity index is 1.11. The third-order valence-corrected chi connectivity index (χ3v) is 8.68. The number of esters is 2. The fourth-order valence-electron chi connectivity index (χ4n) is 5.40. The van der Waals surface area contributed by atoms with Crippen molar-refractivity contribution in [2.24, 2.45) is 20.5 Å². The van der Waals surface area contributed by atoms with Gasteiger partial charge in [0.1, 0.15) is 11.5 Å². The van der Waals surface area contributed by atoms with Crippen LogP contribution in [0.15, 0.2) is 124 Å². The van der Waals surface area contributed by atoms with Gasteiger partial charge in [0.25, 0.3) is 0 Å². The van der Waals surface area contributed by atoms with Crippen LogP contribution in [0.25, 0.3) is 0 Å². The number of ether oxygens (including phenoxy) is 4. The van der Waals surface area contributed by atoms with Crippen LogP contribution in [-0.4, -0.2) is 25.2 Å². The molecule has 0 amide bonds. The normalized spacial score (nSPS) is 11.2. The van der Waals surface area contributed by atoms with Crippen LogP contribution in [0.5, 0.6) is 23.0 Å². The molecule has 0 heterocycles. The van der Waals surface area contributed by atoms with E-state index in [4.69, 9.17) is 18.9 Å². The molecule has 0 atom stereocenters. The molecule has 0 aliphatic heterocycles. The number of halogens is 2. The van der Waals surface area contributed by atoms with E-state index in [1.807, 2.05) is 0 Å². The fourth-order valence-corrected chi connectivity index (χ4v) is 5.40. The Morgan fingerprint density at radius 1 is 0.491 bits per heavy atom. The standard InChI is InChI=1S/C45H46F2N4O6/c1-4-6-8-10-26-54-41-24-21-36(28-39(41)46)50-48-34-17-13-32(14-18-34)44(52)56-38-23-12-31(3)43(30-38)57-45(53)33-15-19-35(20-16-33)49-51-37-22-25-42(40(47)29-37)55-27-11-9-7-5-2/h12-25,28-30H,4-11,26-27H2,1-3H3. The largest absolute Gasteiger partial charge is 0.491 e. The first-order valence-electron chi connectivity index (χ1n) is 19.2. The summed E-state index contributed by atoms with van der Waals surface area (Å²) in [6, 6.07) is 26.0. The number of unbranched alkanes of at least 4 members (excludes halogenated alkanes) is 6. The first kappa shape index (κ1) is 41.9. The molecule has 5 aromatic rings. The summed E-state index contributed by atoms with van der Waals surface area (Å²) in [5.41, 5.74) is 2.68. The van der Waals surface area contributed by atoms with Gasteiger partial charge in [0.15, 0.2) is 23.1 Å². The zero-order valence-electron chi connectivity index (χ0n) is 32.4. The van der Waals surface area contributed by atoms with Crippen molar-refractivity contribution in [3.05, 3.63) is 131 Å². The van der Waals surface area contributed by atoms with Crippen molar-refractivity contribution in [1.29, 1.82) is 0 Å². The Morgan fingerprint density at radius 2 is 0.930 bits per heavy atom. The highest BCUT2D eigenvalue weighted by Crippen LogP contribution is 2.29. The lowest BCUT2D eigenvalue weighted by atomic mass is 10.2. The molecule has 0 N–H and O–H groups in total. The Bertz CT molecular complexity index is 2160. The van der Waals surface area contributed by atoms with Gasteiger partial charge in [-0.05, 0) is 104 Å². The van der Waals surface area contributed by atoms with Crippen molar-refractivity contribution >= 4 is 34.7 Å². The number of nitrogens with zero attached hydrogens (tertiary/aromatic N) is 4. The van der Waals surface area contributed by atoms with E-state index in [-0.39, 0.29) is 34.1 Å². The highest BCUT2D eigenvalue weighted by Gasteiger charge is 2.15. The first-order valence-corrected chi connectivity index (χ1v) is 19.2. The van der Waals surface area contributed by atoms with Gasteiger partial charge >= 0.3 is 11.9 Å². The smallest absolute Gasteiger partial charge is 0.343 e. The van der Waals surface area contributed by atoms with Gasteiger partial charge in [-0.1, -0.05) is 58.4 Å². The van der Waals surface area contributed by atoms with E-state index in [0.717, 1.165) is 51.4 Å². The molecule has 0 fully saturated rings. The molecule has 0 bridgehead atoms. The minimum atomic E-state index is -0.637. The van der Waals surface area contributed by atoms with Gasteiger partial charge in [-0.15, -0.1) is 0 Å². The highest BCUT2D eigenvalue weighted by atomic mass is 19.1. The number of benzene rings is 5. The van der Waals surface area contributed by atoms with Crippen LogP contribution in [0.2, 0.25) is 0 Å². The van der Waals surface area contributed by atoms with E-state index in [0.29, 0.717) is 41.5 Å². The van der Waals surface area contributed by atoms with E-state index >= 15 is 0 Å². The topological polar surface area (TPSA) is 121 Å². The van der Waals surface area contributed by atoms with Gasteiger partial charge in [0, 0.05) is 18.2 Å². The summed E-state index contributed by atoms with van der Waals surface area (Å²) in [5.74, 6) is -1.56. The zero-order chi connectivity index (χ0) is 40.4. The van der Waals surface area contributed by atoms with E-state index in [1.54, 1.807) is 55.5 Å². The molecule has 0 radical (unpaired) electrons. The molecule has 5 aromatic carbocycles. The Kier molecular flexibility index (Phi) is 15.9. The second kappa shape index (κ2) is 21.7. The second-order valence-corrected chi connectivity index (χ2v) is 13.2. The van der Waals surface area contributed by atoms with Crippen LogP contribution >= 0.6 is 0 Å². The minimum Gasteiger partial charge on any atom is -0.491 e. The predicted octanol–water partition coefficient (Wildman–Crippen LogP) is 13.5. The molecular weight excluding hydrogens is 731 g/mol. The molecule has 0 saturated carbocycles. The second-order valence-electron chi connectivity index (χ2n) is 13.2. The summed E-state index contributed by atoms with van der Waals surface area (Å²) in [6.07, 6.45) is 8.29. The van der Waals surface area contributed by atoms with E-state index in [9.17, 15) is 18.4 Å². The Hall–Kier alpha value is -6.30. The lowest BCUT2D eigenvalue weighted by molar-refractivity contribution is 0.0732. The molecule has 0 aromatic heterocycles. The van der Waals surface area contributed by atoms with Gasteiger partial charge in [-0.25, -0.2) is 18.4 Å². The van der Waals surface area contributed by atoms with Gasteiger partial charge < -0.3 is 18.9 Å². The maximum Gasteiger partial charge on any atom is 0.343 e. The van der Waals surface area contributed by atoms with Crippen molar-refractivity contribution < 1.29 is 37.3 Å². The third kappa shape index (κ3) is 13.2. The van der Waals surface area contributed by atoms with Gasteiger partial charge in [0.2, 0.25) is 0 Å². The van der Waals surface area contributed by atoms with Crippen molar-refractivity contribution in [1.82, 2.24) is 0 Å². The molecule has 5 rings (SSSR count). The number of aryl methyl sites for hydroxylation is 1. The number of azo groups is 2. The van der Waals surface area contributed by atoms with E-state index in [2.05, 4.69) is 34.3 Å². The summed E-state index contributed by atoms with van der Waals surface area (Å²) in [6.45, 7) is 6.92. The average Bonchev–Trinajstić information content (AvgIpc) is 3.22. The minimum absolute atomic E-state index is 0.173. The first-order chi connectivity index (χ1) is 27.7. The number of hydrogen-bond donors (Lipinski definition) is 0. The molecule has 296 valence electrons. The summed E-state index contributed by atoms with van der Waals surface area (Å²) in [7, 11) is 0. The van der Waals surface area contributed by atoms with Gasteiger partial charge in [-0.3, -0.25) is 0 Å². The fraction of sp³-hybridized carbons (Fsp3) is 0.289. The van der Waals surface area contributed by atoms with Crippen LogP contribution in [0.1, 0.15) is 91.5 Å². The number of carbonyl (C=O) groups excluding carboxylic acids is 2. The average molecular weight is 777 g/mol. The van der Waals surface area contributed by atoms with E-state index in [1.165, 1.54) is 54.6 Å². The molecule has 57 heavy (non-hydrogen) atoms. The monoisotopic (exact) mass is 776 g/mol. The maximum atomic E-state index is 14.5. The molecule has 0 spiro atoms. The maximum absolute atomic E-state index is 14.5. The van der Waals surface area contributed by atoms with Crippen LogP contribution in [0.3, 0.4) is 0 Å². The van der Waals surface area contributed by atoms with Crippen LogP contribution < -0.4 is 18.9 Å². The Labute approximate surface area is 331 Å². The predicted molar refractivity (Wildman–Crippen MR) is 214 cm³/mol. The van der Waals surface area contributed by atoms with Crippen molar-refractivity contribution in [2.75, 3.05) is 13.2 Å². The van der Waals surface area contributed by atoms with Gasteiger partial charge in [0.05, 0.1) is 47.1 Å². The molecule has 12 heteroatoms. The van der Waals surface area contributed by atoms with Gasteiger partial charge in [-0.2, -0.15) is 20.5 Å². The van der Waals surface area contributed by atoms with E-state index < -0.39 is 23.6 Å². The molecule has 0 aliphatic rings. The van der Waals surface area contributed by atoms with Crippen molar-refractivity contribution in [3.8, 4) is 23.0 Å². The molecular formula is C45H46F2N4O6. The third-order valence-electron chi connectivity index (χ3n) is 8.68. The molecule has 0 aliphatic carbocycles. The SMILES string of the molecule is CCCCCCOc1ccc(N=Nc2ccc(C(=O)Oc3ccc(C)c(OC(=O)c4ccc(N=Nc5ccc(OCCCCCC)c(F)c5)cc4)c3)cc2)cc1F. The summed E-state index contributed by atoms with van der Waals surface area (Å²) in [5, 5.41) is 16.5. The summed E-state index contributed by atoms with van der Waals surface area (Å²) >= 11 is 0. The van der Waals surface area contributed by atoms with Crippen LogP contribution in [-0.2, 0) is 0 Å². The zero-order valence-corrected chi connectivity index (χ0v) is 32.4. The Morgan fingerprint density at radius 3 is 1.39 bits per heavy atom. The molecule has 10 nitrogen and oxygen atoms in total. The molecule has 0 unspecified atom stereocenters. The van der Waals surface area contributed by atoms with Crippen molar-refractivity contribution in [3.63, 3.8) is 0 Å².